The molecule has 0 saturated carbocycles. The average molecular weight is 451 g/mol. The second-order valence-corrected chi connectivity index (χ2v) is 7.56. The SMILES string of the molecule is Oc1ccc(Cl)cc1C=NCCCNCCNCCCN=Cc1cc(Cl)ccc1O. The van der Waals surface area contributed by atoms with Crippen molar-refractivity contribution in [2.75, 3.05) is 39.3 Å². The molecule has 2 rings (SSSR count). The Morgan fingerprint density at radius 2 is 1.13 bits per heavy atom. The molecule has 0 radical (unpaired) electrons. The van der Waals surface area contributed by atoms with Gasteiger partial charge in [0.05, 0.1) is 0 Å². The predicted octanol–water partition coefficient (Wildman–Crippen LogP) is 3.90. The topological polar surface area (TPSA) is 89.2 Å². The van der Waals surface area contributed by atoms with Gasteiger partial charge in [-0.2, -0.15) is 0 Å². The first kappa shape index (κ1) is 24.2. The molecule has 0 aliphatic carbocycles. The van der Waals surface area contributed by atoms with Crippen molar-refractivity contribution in [3.8, 4) is 11.5 Å². The van der Waals surface area contributed by atoms with Gasteiger partial charge in [0.25, 0.3) is 0 Å². The molecule has 0 bridgehead atoms. The maximum atomic E-state index is 9.71. The summed E-state index contributed by atoms with van der Waals surface area (Å²) in [5, 5.41) is 27.3. The molecule has 0 atom stereocenters. The largest absolute Gasteiger partial charge is 0.507 e. The third-order valence-corrected chi connectivity index (χ3v) is 4.67. The van der Waals surface area contributed by atoms with Crippen molar-refractivity contribution in [2.24, 2.45) is 9.98 Å². The van der Waals surface area contributed by atoms with Crippen LogP contribution in [0.4, 0.5) is 0 Å². The van der Waals surface area contributed by atoms with Gasteiger partial charge in [0, 0.05) is 59.8 Å². The Bertz CT molecular complexity index is 774. The highest BCUT2D eigenvalue weighted by atomic mass is 35.5. The third-order valence-electron chi connectivity index (χ3n) is 4.20. The first-order valence-electron chi connectivity index (χ1n) is 9.94. The van der Waals surface area contributed by atoms with E-state index in [0.29, 0.717) is 34.3 Å². The van der Waals surface area contributed by atoms with Crippen molar-refractivity contribution in [2.45, 2.75) is 12.8 Å². The number of aromatic hydroxyl groups is 2. The Morgan fingerprint density at radius 1 is 0.700 bits per heavy atom. The fourth-order valence-corrected chi connectivity index (χ4v) is 2.96. The smallest absolute Gasteiger partial charge is 0.124 e. The predicted molar refractivity (Wildman–Crippen MR) is 126 cm³/mol. The molecule has 0 aliphatic rings. The number of nitrogens with zero attached hydrogens (tertiary/aromatic N) is 2. The Labute approximate surface area is 187 Å². The molecule has 0 heterocycles. The molecular formula is C22H28Cl2N4O2. The molecule has 2 aromatic rings. The Balaban J connectivity index is 1.44. The number of hydrogen-bond acceptors (Lipinski definition) is 6. The number of rotatable bonds is 13. The van der Waals surface area contributed by atoms with Gasteiger partial charge in [-0.05, 0) is 62.3 Å². The minimum absolute atomic E-state index is 0.181. The van der Waals surface area contributed by atoms with Crippen molar-refractivity contribution in [1.82, 2.24) is 10.6 Å². The van der Waals surface area contributed by atoms with Crippen molar-refractivity contribution < 1.29 is 10.2 Å². The van der Waals surface area contributed by atoms with Gasteiger partial charge in [-0.15, -0.1) is 0 Å². The highest BCUT2D eigenvalue weighted by Crippen LogP contribution is 2.20. The van der Waals surface area contributed by atoms with E-state index in [4.69, 9.17) is 23.2 Å². The zero-order chi connectivity index (χ0) is 21.6. The molecule has 0 saturated heterocycles. The summed E-state index contributed by atoms with van der Waals surface area (Å²) in [6.45, 7) is 4.91. The number of phenols is 2. The summed E-state index contributed by atoms with van der Waals surface area (Å²) < 4.78 is 0. The summed E-state index contributed by atoms with van der Waals surface area (Å²) >= 11 is 11.8. The number of hydrogen-bond donors (Lipinski definition) is 4. The number of halogens is 2. The van der Waals surface area contributed by atoms with E-state index in [1.165, 1.54) is 0 Å². The standard InChI is InChI=1S/C22H28Cl2N4O2/c23-19-3-5-21(29)17(13-19)15-27-9-1-7-25-11-12-26-8-2-10-28-16-18-14-20(24)4-6-22(18)30/h3-6,13-16,25-26,29-30H,1-2,7-12H2. The van der Waals surface area contributed by atoms with Gasteiger partial charge in [0.1, 0.15) is 11.5 Å². The van der Waals surface area contributed by atoms with Gasteiger partial charge in [0.15, 0.2) is 0 Å². The summed E-state index contributed by atoms with van der Waals surface area (Å²) in [4.78, 5) is 8.63. The van der Waals surface area contributed by atoms with E-state index in [1.807, 2.05) is 0 Å². The van der Waals surface area contributed by atoms with Crippen LogP contribution in [0.25, 0.3) is 0 Å². The normalized spacial score (nSPS) is 11.7. The van der Waals surface area contributed by atoms with Crippen molar-refractivity contribution >= 4 is 35.6 Å². The van der Waals surface area contributed by atoms with Crippen LogP contribution in [-0.2, 0) is 0 Å². The summed E-state index contributed by atoms with van der Waals surface area (Å²) in [6.07, 6.45) is 5.14. The first-order valence-corrected chi connectivity index (χ1v) is 10.7. The molecule has 162 valence electrons. The molecule has 6 nitrogen and oxygen atoms in total. The number of nitrogens with one attached hydrogen (secondary N) is 2. The van der Waals surface area contributed by atoms with Gasteiger partial charge in [0.2, 0.25) is 0 Å². The Hall–Kier alpha value is -2.12. The molecule has 30 heavy (non-hydrogen) atoms. The highest BCUT2D eigenvalue weighted by molar-refractivity contribution is 6.31. The lowest BCUT2D eigenvalue weighted by atomic mass is 10.2. The van der Waals surface area contributed by atoms with Gasteiger partial charge < -0.3 is 20.8 Å². The van der Waals surface area contributed by atoms with Crippen molar-refractivity contribution in [3.63, 3.8) is 0 Å². The van der Waals surface area contributed by atoms with Gasteiger partial charge >= 0.3 is 0 Å². The van der Waals surface area contributed by atoms with Crippen LogP contribution in [-0.4, -0.2) is 61.9 Å². The Morgan fingerprint density at radius 3 is 1.57 bits per heavy atom. The lowest BCUT2D eigenvalue weighted by molar-refractivity contribution is 0.474. The van der Waals surface area contributed by atoms with Crippen LogP contribution in [0.1, 0.15) is 24.0 Å². The monoisotopic (exact) mass is 450 g/mol. The summed E-state index contributed by atoms with van der Waals surface area (Å²) in [6, 6.07) is 9.80. The van der Waals surface area contributed by atoms with Crippen molar-refractivity contribution in [3.05, 3.63) is 57.6 Å². The molecule has 0 aliphatic heterocycles. The van der Waals surface area contributed by atoms with Crippen LogP contribution in [0.5, 0.6) is 11.5 Å². The molecular weight excluding hydrogens is 423 g/mol. The van der Waals surface area contributed by atoms with E-state index >= 15 is 0 Å². The van der Waals surface area contributed by atoms with Crippen molar-refractivity contribution in [1.29, 1.82) is 0 Å². The maximum absolute atomic E-state index is 9.71. The second-order valence-electron chi connectivity index (χ2n) is 6.68. The third kappa shape index (κ3) is 9.59. The van der Waals surface area contributed by atoms with Crippen LogP contribution < -0.4 is 10.6 Å². The fourth-order valence-electron chi connectivity index (χ4n) is 2.60. The number of benzene rings is 2. The van der Waals surface area contributed by atoms with Crippen LogP contribution in [0, 0.1) is 0 Å². The summed E-state index contributed by atoms with van der Waals surface area (Å²) in [5.74, 6) is 0.362. The molecule has 0 spiro atoms. The second kappa shape index (κ2) is 14.0. The summed E-state index contributed by atoms with van der Waals surface area (Å²) in [7, 11) is 0. The molecule has 0 amide bonds. The van der Waals surface area contributed by atoms with E-state index in [2.05, 4.69) is 20.6 Å². The lowest BCUT2D eigenvalue weighted by Crippen LogP contribution is -2.29. The molecule has 2 aromatic carbocycles. The minimum Gasteiger partial charge on any atom is -0.507 e. The van der Waals surface area contributed by atoms with Crippen LogP contribution >= 0.6 is 23.2 Å². The minimum atomic E-state index is 0.181. The average Bonchev–Trinajstić information content (AvgIpc) is 2.73. The lowest BCUT2D eigenvalue weighted by Gasteiger charge is -2.05. The molecule has 0 unspecified atom stereocenters. The van der Waals surface area contributed by atoms with E-state index < -0.39 is 0 Å². The van der Waals surface area contributed by atoms with Crippen LogP contribution in [0.15, 0.2) is 46.4 Å². The van der Waals surface area contributed by atoms with Gasteiger partial charge in [-0.25, -0.2) is 0 Å². The van der Waals surface area contributed by atoms with Crippen LogP contribution in [0.3, 0.4) is 0 Å². The van der Waals surface area contributed by atoms with Crippen LogP contribution in [0.2, 0.25) is 10.0 Å². The Kier molecular flexibility index (Phi) is 11.3. The van der Waals surface area contributed by atoms with E-state index in [-0.39, 0.29) is 11.5 Å². The zero-order valence-electron chi connectivity index (χ0n) is 16.8. The van der Waals surface area contributed by atoms with E-state index in [1.54, 1.807) is 48.8 Å². The maximum Gasteiger partial charge on any atom is 0.124 e. The first-order chi connectivity index (χ1) is 14.6. The molecule has 8 heteroatoms. The van der Waals surface area contributed by atoms with Gasteiger partial charge in [-0.3, -0.25) is 9.98 Å². The fraction of sp³-hybridized carbons (Fsp3) is 0.364. The molecule has 0 aromatic heterocycles. The van der Waals surface area contributed by atoms with E-state index in [9.17, 15) is 10.2 Å². The quantitative estimate of drug-likeness (QED) is 0.275. The highest BCUT2D eigenvalue weighted by Gasteiger charge is 1.99. The summed E-state index contributed by atoms with van der Waals surface area (Å²) in [5.41, 5.74) is 1.27. The molecule has 0 fully saturated rings. The number of phenolic OH excluding ortho intramolecular Hbond substituents is 2. The van der Waals surface area contributed by atoms with E-state index in [0.717, 1.165) is 39.0 Å². The molecule has 4 N–H and O–H groups in total. The van der Waals surface area contributed by atoms with Gasteiger partial charge in [-0.1, -0.05) is 23.2 Å². The zero-order valence-corrected chi connectivity index (χ0v) is 18.3. The number of aliphatic imine (C=N–C) groups is 2.